The van der Waals surface area contributed by atoms with E-state index < -0.39 is 17.6 Å². The molecule has 0 unspecified atom stereocenters. The zero-order chi connectivity index (χ0) is 24.7. The van der Waals surface area contributed by atoms with Crippen LogP contribution in [-0.2, 0) is 11.2 Å². The second kappa shape index (κ2) is 8.68. The van der Waals surface area contributed by atoms with Gasteiger partial charge in [0.1, 0.15) is 17.6 Å². The summed E-state index contributed by atoms with van der Waals surface area (Å²) in [5.41, 5.74) is 7.81. The van der Waals surface area contributed by atoms with E-state index in [2.05, 4.69) is 5.10 Å². The molecule has 35 heavy (non-hydrogen) atoms. The number of hydrogen-bond acceptors (Lipinski definition) is 5. The van der Waals surface area contributed by atoms with Gasteiger partial charge in [0.2, 0.25) is 5.91 Å². The molecule has 3 amide bonds. The number of carbonyl (C=O) groups is 3. The SMILES string of the molecule is N#Cc1cc(-n2nc(C(N)=O)cc2C(=O)N2CCc3cc(N4CCCCC4=O)ccc32)ccc1F. The third-order valence-corrected chi connectivity index (χ3v) is 6.33. The Labute approximate surface area is 200 Å². The molecular weight excluding hydrogens is 451 g/mol. The minimum Gasteiger partial charge on any atom is -0.364 e. The first-order valence-electron chi connectivity index (χ1n) is 11.2. The van der Waals surface area contributed by atoms with E-state index in [1.54, 1.807) is 15.9 Å². The summed E-state index contributed by atoms with van der Waals surface area (Å²) in [6.07, 6.45) is 2.98. The topological polar surface area (TPSA) is 125 Å². The van der Waals surface area contributed by atoms with Crippen molar-refractivity contribution < 1.29 is 18.8 Å². The second-order valence-corrected chi connectivity index (χ2v) is 8.49. The molecule has 3 heterocycles. The zero-order valence-corrected chi connectivity index (χ0v) is 18.7. The number of nitrogens with zero attached hydrogens (tertiary/aromatic N) is 5. The van der Waals surface area contributed by atoms with E-state index in [0.29, 0.717) is 31.6 Å². The van der Waals surface area contributed by atoms with E-state index in [0.717, 1.165) is 30.2 Å². The van der Waals surface area contributed by atoms with Gasteiger partial charge in [0.15, 0.2) is 5.69 Å². The molecule has 2 aliphatic heterocycles. The number of amides is 3. The molecule has 1 saturated heterocycles. The molecule has 9 nitrogen and oxygen atoms in total. The molecule has 5 rings (SSSR count). The maximum Gasteiger partial charge on any atom is 0.277 e. The summed E-state index contributed by atoms with van der Waals surface area (Å²) in [5.74, 6) is -1.85. The van der Waals surface area contributed by atoms with Crippen molar-refractivity contribution in [2.45, 2.75) is 25.7 Å². The zero-order valence-electron chi connectivity index (χ0n) is 18.7. The van der Waals surface area contributed by atoms with Crippen LogP contribution in [0.1, 0.15) is 51.4 Å². The van der Waals surface area contributed by atoms with E-state index >= 15 is 0 Å². The number of halogens is 1. The van der Waals surface area contributed by atoms with Crippen LogP contribution in [-0.4, -0.2) is 40.6 Å². The summed E-state index contributed by atoms with van der Waals surface area (Å²) < 4.78 is 15.1. The van der Waals surface area contributed by atoms with Gasteiger partial charge in [-0.05, 0) is 61.2 Å². The number of nitriles is 1. The highest BCUT2D eigenvalue weighted by atomic mass is 19.1. The monoisotopic (exact) mass is 472 g/mol. The van der Waals surface area contributed by atoms with Gasteiger partial charge in [-0.25, -0.2) is 9.07 Å². The Kier molecular flexibility index (Phi) is 5.53. The number of carbonyl (C=O) groups excluding carboxylic acids is 3. The van der Waals surface area contributed by atoms with Gasteiger partial charge < -0.3 is 15.5 Å². The number of piperidine rings is 1. The molecule has 0 atom stereocenters. The maximum absolute atomic E-state index is 13.9. The number of aromatic nitrogens is 2. The number of nitrogens with two attached hydrogens (primary N) is 1. The molecule has 0 spiro atoms. The Morgan fingerprint density at radius 1 is 1.03 bits per heavy atom. The van der Waals surface area contributed by atoms with E-state index in [-0.39, 0.29) is 28.5 Å². The van der Waals surface area contributed by atoms with Crippen LogP contribution in [0.4, 0.5) is 15.8 Å². The third-order valence-electron chi connectivity index (χ3n) is 6.33. The van der Waals surface area contributed by atoms with Crippen LogP contribution in [0.15, 0.2) is 42.5 Å². The fourth-order valence-electron chi connectivity index (χ4n) is 4.57. The Morgan fingerprint density at radius 3 is 2.57 bits per heavy atom. The predicted octanol–water partition coefficient (Wildman–Crippen LogP) is 2.70. The van der Waals surface area contributed by atoms with Crippen molar-refractivity contribution in [3.05, 3.63) is 70.8 Å². The number of hydrogen-bond donors (Lipinski definition) is 1. The van der Waals surface area contributed by atoms with Crippen molar-refractivity contribution in [1.29, 1.82) is 5.26 Å². The molecular formula is C25H21FN6O3. The number of fused-ring (bicyclic) bond motifs is 1. The number of rotatable bonds is 4. The molecule has 2 aromatic carbocycles. The average molecular weight is 472 g/mol. The molecule has 3 aromatic rings. The molecule has 0 bridgehead atoms. The van der Waals surface area contributed by atoms with Crippen molar-refractivity contribution in [1.82, 2.24) is 9.78 Å². The number of anilines is 2. The van der Waals surface area contributed by atoms with Gasteiger partial charge >= 0.3 is 0 Å². The first kappa shape index (κ1) is 22.3. The van der Waals surface area contributed by atoms with Gasteiger partial charge in [0, 0.05) is 37.0 Å². The molecule has 0 radical (unpaired) electrons. The maximum atomic E-state index is 13.9. The van der Waals surface area contributed by atoms with Crippen molar-refractivity contribution in [2.24, 2.45) is 5.73 Å². The molecule has 176 valence electrons. The third kappa shape index (κ3) is 3.91. The summed E-state index contributed by atoms with van der Waals surface area (Å²) >= 11 is 0. The second-order valence-electron chi connectivity index (χ2n) is 8.49. The van der Waals surface area contributed by atoms with Crippen LogP contribution < -0.4 is 15.5 Å². The molecule has 0 aliphatic carbocycles. The average Bonchev–Trinajstić information content (AvgIpc) is 3.49. The highest BCUT2D eigenvalue weighted by Crippen LogP contribution is 2.34. The van der Waals surface area contributed by atoms with E-state index in [9.17, 15) is 24.0 Å². The minimum atomic E-state index is -0.821. The number of primary amides is 1. The van der Waals surface area contributed by atoms with Crippen molar-refractivity contribution in [3.63, 3.8) is 0 Å². The summed E-state index contributed by atoms with van der Waals surface area (Å²) in [4.78, 5) is 41.1. The van der Waals surface area contributed by atoms with Crippen LogP contribution in [0.25, 0.3) is 5.69 Å². The fourth-order valence-corrected chi connectivity index (χ4v) is 4.57. The van der Waals surface area contributed by atoms with Gasteiger partial charge in [0.05, 0.1) is 11.3 Å². The molecule has 1 aromatic heterocycles. The lowest BCUT2D eigenvalue weighted by molar-refractivity contribution is -0.119. The van der Waals surface area contributed by atoms with Crippen molar-refractivity contribution in [3.8, 4) is 11.8 Å². The fraction of sp³-hybridized carbons (Fsp3) is 0.240. The van der Waals surface area contributed by atoms with Crippen LogP contribution in [0.2, 0.25) is 0 Å². The van der Waals surface area contributed by atoms with Gasteiger partial charge in [-0.3, -0.25) is 14.4 Å². The molecule has 2 N–H and O–H groups in total. The highest BCUT2D eigenvalue weighted by Gasteiger charge is 2.31. The van der Waals surface area contributed by atoms with Gasteiger partial charge in [-0.1, -0.05) is 0 Å². The molecule has 1 fully saturated rings. The van der Waals surface area contributed by atoms with Crippen molar-refractivity contribution in [2.75, 3.05) is 22.9 Å². The minimum absolute atomic E-state index is 0.0532. The Hall–Kier alpha value is -4.52. The first-order chi connectivity index (χ1) is 16.9. The van der Waals surface area contributed by atoms with Crippen LogP contribution in [0.3, 0.4) is 0 Å². The lowest BCUT2D eigenvalue weighted by Crippen LogP contribution is -2.35. The predicted molar refractivity (Wildman–Crippen MR) is 125 cm³/mol. The van der Waals surface area contributed by atoms with E-state index in [4.69, 9.17) is 5.73 Å². The summed E-state index contributed by atoms with van der Waals surface area (Å²) in [6.45, 7) is 1.08. The standard InChI is InChI=1S/C25H21FN6O3/c26-19-6-4-18(12-16(19)14-27)32-22(13-20(29-32)24(28)34)25(35)31-10-8-15-11-17(5-7-21(15)31)30-9-2-1-3-23(30)33/h4-7,11-13H,1-3,8-10H2,(H2,28,34). The summed E-state index contributed by atoms with van der Waals surface area (Å²) in [7, 11) is 0. The Balaban J connectivity index is 1.51. The Bertz CT molecular complexity index is 1420. The lowest BCUT2D eigenvalue weighted by Gasteiger charge is -2.27. The summed E-state index contributed by atoms with van der Waals surface area (Å²) in [5, 5.41) is 13.3. The van der Waals surface area contributed by atoms with Gasteiger partial charge in [0.25, 0.3) is 11.8 Å². The van der Waals surface area contributed by atoms with Crippen molar-refractivity contribution >= 4 is 29.1 Å². The van der Waals surface area contributed by atoms with E-state index in [1.807, 2.05) is 18.2 Å². The Morgan fingerprint density at radius 2 is 1.83 bits per heavy atom. The van der Waals surface area contributed by atoms with Gasteiger partial charge in [-0.2, -0.15) is 10.4 Å². The van der Waals surface area contributed by atoms with E-state index in [1.165, 1.54) is 22.9 Å². The van der Waals surface area contributed by atoms with Gasteiger partial charge in [-0.15, -0.1) is 0 Å². The first-order valence-corrected chi connectivity index (χ1v) is 11.2. The largest absolute Gasteiger partial charge is 0.364 e. The number of benzene rings is 2. The quantitative estimate of drug-likeness (QED) is 0.625. The smallest absolute Gasteiger partial charge is 0.277 e. The normalized spacial score (nSPS) is 15.1. The molecule has 10 heteroatoms. The van der Waals surface area contributed by atoms with Crippen LogP contribution >= 0.6 is 0 Å². The summed E-state index contributed by atoms with van der Waals surface area (Å²) in [6, 6.07) is 12.4. The molecule has 2 aliphatic rings. The highest BCUT2D eigenvalue weighted by molar-refractivity contribution is 6.08. The lowest BCUT2D eigenvalue weighted by atomic mass is 10.1. The van der Waals surface area contributed by atoms with Crippen LogP contribution in [0.5, 0.6) is 0 Å². The molecule has 0 saturated carbocycles. The van der Waals surface area contributed by atoms with Crippen LogP contribution in [0, 0.1) is 17.1 Å².